The molecule has 2 atom stereocenters. The summed E-state index contributed by atoms with van der Waals surface area (Å²) in [5.41, 5.74) is 0. The van der Waals surface area contributed by atoms with Gasteiger partial charge in [-0.1, -0.05) is 13.8 Å². The van der Waals surface area contributed by atoms with Crippen molar-refractivity contribution in [1.29, 1.82) is 0 Å². The van der Waals surface area contributed by atoms with Crippen molar-refractivity contribution in [3.05, 3.63) is 0 Å². The summed E-state index contributed by atoms with van der Waals surface area (Å²) in [7, 11) is 0. The summed E-state index contributed by atoms with van der Waals surface area (Å²) in [5, 5.41) is 2.31. The predicted molar refractivity (Wildman–Crippen MR) is 46.6 cm³/mol. The van der Waals surface area contributed by atoms with E-state index in [1.807, 2.05) is 13.8 Å². The fraction of sp³-hybridized carbons (Fsp3) is 0.875. The average molecular weight is 197 g/mol. The van der Waals surface area contributed by atoms with Gasteiger partial charge in [-0.3, -0.25) is 4.79 Å². The van der Waals surface area contributed by atoms with Gasteiger partial charge in [0.1, 0.15) is 0 Å². The molecule has 0 aliphatic carbocycles. The Kier molecular flexibility index (Phi) is 10.7. The van der Waals surface area contributed by atoms with Gasteiger partial charge in [0.05, 0.1) is 12.1 Å². The molecule has 2 unspecified atom stereocenters. The molecular weight excluding hydrogens is 180 g/mol. The molecule has 0 saturated carbocycles. The van der Waals surface area contributed by atoms with Crippen LogP contribution in [0.4, 0.5) is 8.78 Å². The SMILES string of the molecule is CC.CC(NC=O)C(C)OC(F)F. The molecule has 13 heavy (non-hydrogen) atoms. The van der Waals surface area contributed by atoms with Crippen LogP contribution in [0.3, 0.4) is 0 Å². The Morgan fingerprint density at radius 1 is 1.31 bits per heavy atom. The highest BCUT2D eigenvalue weighted by Crippen LogP contribution is 2.04. The lowest BCUT2D eigenvalue weighted by molar-refractivity contribution is -0.164. The smallest absolute Gasteiger partial charge is 0.345 e. The van der Waals surface area contributed by atoms with Crippen LogP contribution in [0.25, 0.3) is 0 Å². The second kappa shape index (κ2) is 9.38. The predicted octanol–water partition coefficient (Wildman–Crippen LogP) is 1.77. The van der Waals surface area contributed by atoms with Gasteiger partial charge >= 0.3 is 6.61 Å². The van der Waals surface area contributed by atoms with Crippen molar-refractivity contribution in [1.82, 2.24) is 5.32 Å². The van der Waals surface area contributed by atoms with Gasteiger partial charge in [-0.05, 0) is 13.8 Å². The van der Waals surface area contributed by atoms with Crippen molar-refractivity contribution >= 4 is 6.41 Å². The molecule has 0 aromatic carbocycles. The van der Waals surface area contributed by atoms with E-state index in [1.54, 1.807) is 6.92 Å². The molecule has 3 nitrogen and oxygen atoms in total. The first-order valence-corrected chi connectivity index (χ1v) is 4.21. The zero-order valence-corrected chi connectivity index (χ0v) is 8.38. The molecular formula is C8H17F2NO2. The molecule has 0 saturated heterocycles. The van der Waals surface area contributed by atoms with Crippen LogP contribution in [0.5, 0.6) is 0 Å². The number of ether oxygens (including phenoxy) is 1. The van der Waals surface area contributed by atoms with E-state index in [4.69, 9.17) is 0 Å². The van der Waals surface area contributed by atoms with Crippen LogP contribution in [0.15, 0.2) is 0 Å². The first-order valence-electron chi connectivity index (χ1n) is 4.21. The summed E-state index contributed by atoms with van der Waals surface area (Å²) in [6, 6.07) is -0.401. The first-order chi connectivity index (χ1) is 6.07. The van der Waals surface area contributed by atoms with E-state index in [0.29, 0.717) is 6.41 Å². The van der Waals surface area contributed by atoms with E-state index < -0.39 is 18.8 Å². The molecule has 0 aliphatic heterocycles. The minimum Gasteiger partial charge on any atom is -0.354 e. The van der Waals surface area contributed by atoms with Crippen molar-refractivity contribution in [2.45, 2.75) is 46.5 Å². The highest BCUT2D eigenvalue weighted by Gasteiger charge is 2.15. The number of carbonyl (C=O) groups is 1. The summed E-state index contributed by atoms with van der Waals surface area (Å²) in [6.07, 6.45) is -0.226. The zero-order chi connectivity index (χ0) is 10.9. The van der Waals surface area contributed by atoms with E-state index >= 15 is 0 Å². The highest BCUT2D eigenvalue weighted by atomic mass is 19.3. The van der Waals surface area contributed by atoms with Crippen LogP contribution in [0.2, 0.25) is 0 Å². The minimum absolute atomic E-state index is 0.401. The van der Waals surface area contributed by atoms with Crippen LogP contribution < -0.4 is 5.32 Å². The number of alkyl halides is 2. The van der Waals surface area contributed by atoms with Gasteiger partial charge in [0.2, 0.25) is 6.41 Å². The number of halogens is 2. The number of nitrogens with one attached hydrogen (secondary N) is 1. The van der Waals surface area contributed by atoms with E-state index in [0.717, 1.165) is 0 Å². The van der Waals surface area contributed by atoms with Gasteiger partial charge in [-0.15, -0.1) is 0 Å². The molecule has 0 bridgehead atoms. The van der Waals surface area contributed by atoms with Gasteiger partial charge < -0.3 is 10.1 Å². The molecule has 0 fully saturated rings. The molecule has 1 amide bonds. The molecule has 0 aromatic heterocycles. The fourth-order valence-electron chi connectivity index (χ4n) is 0.523. The fourth-order valence-corrected chi connectivity index (χ4v) is 0.523. The van der Waals surface area contributed by atoms with Crippen molar-refractivity contribution in [2.24, 2.45) is 0 Å². The lowest BCUT2D eigenvalue weighted by atomic mass is 10.2. The number of rotatable bonds is 5. The molecule has 5 heteroatoms. The van der Waals surface area contributed by atoms with Crippen molar-refractivity contribution in [3.63, 3.8) is 0 Å². The van der Waals surface area contributed by atoms with Crippen LogP contribution >= 0.6 is 0 Å². The molecule has 0 spiro atoms. The van der Waals surface area contributed by atoms with Crippen molar-refractivity contribution in [2.75, 3.05) is 0 Å². The van der Waals surface area contributed by atoms with E-state index in [-0.39, 0.29) is 0 Å². The van der Waals surface area contributed by atoms with E-state index in [1.165, 1.54) is 6.92 Å². The minimum atomic E-state index is -2.79. The Morgan fingerprint density at radius 2 is 1.77 bits per heavy atom. The topological polar surface area (TPSA) is 38.3 Å². The maximum Gasteiger partial charge on any atom is 0.345 e. The third kappa shape index (κ3) is 9.20. The van der Waals surface area contributed by atoms with Crippen LogP contribution in [-0.4, -0.2) is 25.2 Å². The third-order valence-electron chi connectivity index (χ3n) is 1.35. The molecule has 0 heterocycles. The Labute approximate surface area is 77.5 Å². The summed E-state index contributed by atoms with van der Waals surface area (Å²) in [5.74, 6) is 0. The standard InChI is InChI=1S/C6H11F2NO2.C2H6/c1-4(9-3-10)5(2)11-6(7)8;1-2/h3-6H,1-2H3,(H,9,10);1-2H3. The monoisotopic (exact) mass is 197 g/mol. The zero-order valence-electron chi connectivity index (χ0n) is 8.38. The molecule has 80 valence electrons. The number of carbonyl (C=O) groups excluding carboxylic acids is 1. The van der Waals surface area contributed by atoms with Crippen LogP contribution in [0.1, 0.15) is 27.7 Å². The van der Waals surface area contributed by atoms with Crippen molar-refractivity contribution in [3.8, 4) is 0 Å². The molecule has 1 N–H and O–H groups in total. The number of hydrogen-bond acceptors (Lipinski definition) is 2. The third-order valence-corrected chi connectivity index (χ3v) is 1.35. The average Bonchev–Trinajstić information content (AvgIpc) is 2.07. The van der Waals surface area contributed by atoms with Crippen LogP contribution in [0, 0.1) is 0 Å². The Bertz CT molecular complexity index is 123. The lowest BCUT2D eigenvalue weighted by Gasteiger charge is -2.18. The van der Waals surface area contributed by atoms with Crippen LogP contribution in [-0.2, 0) is 9.53 Å². The molecule has 0 aromatic rings. The Morgan fingerprint density at radius 3 is 2.08 bits per heavy atom. The lowest BCUT2D eigenvalue weighted by Crippen LogP contribution is -2.37. The van der Waals surface area contributed by atoms with E-state index in [2.05, 4.69) is 10.1 Å². The summed E-state index contributed by atoms with van der Waals surface area (Å²) < 4.78 is 27.2. The number of amides is 1. The molecule has 0 radical (unpaired) electrons. The first kappa shape index (κ1) is 14.8. The summed E-state index contributed by atoms with van der Waals surface area (Å²) in [4.78, 5) is 9.85. The van der Waals surface area contributed by atoms with Gasteiger partial charge in [0, 0.05) is 0 Å². The Hall–Kier alpha value is -0.710. The largest absolute Gasteiger partial charge is 0.354 e. The van der Waals surface area contributed by atoms with Gasteiger partial charge in [-0.25, -0.2) is 0 Å². The van der Waals surface area contributed by atoms with Gasteiger partial charge in [-0.2, -0.15) is 8.78 Å². The second-order valence-electron chi connectivity index (χ2n) is 2.18. The second-order valence-corrected chi connectivity index (χ2v) is 2.18. The summed E-state index contributed by atoms with van der Waals surface area (Å²) >= 11 is 0. The maximum atomic E-state index is 11.5. The van der Waals surface area contributed by atoms with Gasteiger partial charge in [0.15, 0.2) is 0 Å². The van der Waals surface area contributed by atoms with Gasteiger partial charge in [0.25, 0.3) is 0 Å². The normalized spacial score (nSPS) is 14.1. The van der Waals surface area contributed by atoms with E-state index in [9.17, 15) is 13.6 Å². The Balaban J connectivity index is 0. The van der Waals surface area contributed by atoms with Crippen molar-refractivity contribution < 1.29 is 18.3 Å². The highest BCUT2D eigenvalue weighted by molar-refractivity contribution is 5.46. The number of hydrogen-bond donors (Lipinski definition) is 1. The quantitative estimate of drug-likeness (QED) is 0.682. The maximum absolute atomic E-state index is 11.5. The summed E-state index contributed by atoms with van der Waals surface area (Å²) in [6.45, 7) is 4.26. The molecule has 0 aliphatic rings. The molecule has 0 rings (SSSR count).